The molecule has 1 amide bonds. The molecule has 132 valence electrons. The van der Waals surface area contributed by atoms with Gasteiger partial charge in [-0.25, -0.2) is 4.79 Å². The normalized spacial score (nSPS) is 13.8. The topological polar surface area (TPSA) is 86.5 Å². The first-order chi connectivity index (χ1) is 12.1. The van der Waals surface area contributed by atoms with Gasteiger partial charge in [0, 0.05) is 40.9 Å². The maximum absolute atomic E-state index is 10.6. The van der Waals surface area contributed by atoms with Crippen molar-refractivity contribution in [2.24, 2.45) is 0 Å². The number of carbonyl (C=O) groups is 1. The minimum Gasteiger partial charge on any atom is -0.465 e. The molecule has 6 nitrogen and oxygen atoms in total. The summed E-state index contributed by atoms with van der Waals surface area (Å²) in [6.45, 7) is 3.12. The van der Waals surface area contributed by atoms with E-state index in [0.717, 1.165) is 11.0 Å². The SMILES string of the molecule is C[C@H](CNC[C@H](O)Cn1c2ccccc2c2ccccc21)NC(=O)O. The molecule has 0 spiro atoms. The van der Waals surface area contributed by atoms with E-state index in [1.165, 1.54) is 10.8 Å². The van der Waals surface area contributed by atoms with Crippen molar-refractivity contribution in [3.8, 4) is 0 Å². The molecule has 25 heavy (non-hydrogen) atoms. The van der Waals surface area contributed by atoms with E-state index >= 15 is 0 Å². The molecular weight excluding hydrogens is 318 g/mol. The lowest BCUT2D eigenvalue weighted by molar-refractivity contribution is 0.153. The highest BCUT2D eigenvalue weighted by Gasteiger charge is 2.13. The number of aliphatic hydroxyl groups is 1. The second-order valence-electron chi connectivity index (χ2n) is 6.31. The molecule has 1 heterocycles. The van der Waals surface area contributed by atoms with Crippen molar-refractivity contribution in [1.29, 1.82) is 0 Å². The summed E-state index contributed by atoms with van der Waals surface area (Å²) in [5, 5.41) is 26.9. The van der Waals surface area contributed by atoms with Gasteiger partial charge in [-0.2, -0.15) is 0 Å². The second kappa shape index (κ2) is 7.55. The Labute approximate surface area is 146 Å². The molecule has 2 aromatic carbocycles. The minimum atomic E-state index is -1.04. The van der Waals surface area contributed by atoms with Crippen LogP contribution in [0.1, 0.15) is 6.92 Å². The quantitative estimate of drug-likeness (QED) is 0.531. The number of aromatic nitrogens is 1. The van der Waals surface area contributed by atoms with Gasteiger partial charge < -0.3 is 25.4 Å². The summed E-state index contributed by atoms with van der Waals surface area (Å²) < 4.78 is 2.13. The lowest BCUT2D eigenvalue weighted by Crippen LogP contribution is -2.41. The Kier molecular flexibility index (Phi) is 5.21. The number of nitrogens with one attached hydrogen (secondary N) is 2. The van der Waals surface area contributed by atoms with Gasteiger partial charge in [-0.3, -0.25) is 0 Å². The molecule has 0 bridgehead atoms. The summed E-state index contributed by atoms with van der Waals surface area (Å²) in [4.78, 5) is 10.6. The van der Waals surface area contributed by atoms with Crippen LogP contribution in [-0.4, -0.2) is 46.1 Å². The molecule has 0 unspecified atom stereocenters. The van der Waals surface area contributed by atoms with Crippen LogP contribution in [0.3, 0.4) is 0 Å². The summed E-state index contributed by atoms with van der Waals surface area (Å²) in [7, 11) is 0. The van der Waals surface area contributed by atoms with E-state index < -0.39 is 12.2 Å². The third-order valence-electron chi connectivity index (χ3n) is 4.27. The van der Waals surface area contributed by atoms with Gasteiger partial charge in [0.1, 0.15) is 0 Å². The Bertz CT molecular complexity index is 821. The van der Waals surface area contributed by atoms with E-state index in [1.807, 2.05) is 24.3 Å². The summed E-state index contributed by atoms with van der Waals surface area (Å²) in [5.74, 6) is 0. The molecule has 2 atom stereocenters. The Hall–Kier alpha value is -2.57. The highest BCUT2D eigenvalue weighted by atomic mass is 16.4. The number of hydrogen-bond acceptors (Lipinski definition) is 3. The maximum Gasteiger partial charge on any atom is 0.404 e. The summed E-state index contributed by atoms with van der Waals surface area (Å²) >= 11 is 0. The molecule has 0 aliphatic heterocycles. The van der Waals surface area contributed by atoms with Crippen molar-refractivity contribution in [1.82, 2.24) is 15.2 Å². The molecule has 0 radical (unpaired) electrons. The van der Waals surface area contributed by atoms with Crippen molar-refractivity contribution < 1.29 is 15.0 Å². The molecule has 0 saturated carbocycles. The Morgan fingerprint density at radius 1 is 1.04 bits per heavy atom. The Morgan fingerprint density at radius 2 is 1.60 bits per heavy atom. The van der Waals surface area contributed by atoms with E-state index in [9.17, 15) is 9.90 Å². The zero-order valence-corrected chi connectivity index (χ0v) is 14.1. The molecule has 4 N–H and O–H groups in total. The lowest BCUT2D eigenvalue weighted by Gasteiger charge is -2.17. The zero-order valence-electron chi connectivity index (χ0n) is 14.1. The first kappa shape index (κ1) is 17.3. The number of hydrogen-bond donors (Lipinski definition) is 4. The Balaban J connectivity index is 1.70. The number of rotatable bonds is 7. The molecule has 6 heteroatoms. The summed E-state index contributed by atoms with van der Waals surface area (Å²) in [6.07, 6.45) is -1.61. The van der Waals surface area contributed by atoms with Gasteiger partial charge in [0.05, 0.1) is 12.6 Å². The smallest absolute Gasteiger partial charge is 0.404 e. The fourth-order valence-electron chi connectivity index (χ4n) is 3.20. The highest BCUT2D eigenvalue weighted by molar-refractivity contribution is 6.07. The second-order valence-corrected chi connectivity index (χ2v) is 6.31. The first-order valence-corrected chi connectivity index (χ1v) is 8.40. The fourth-order valence-corrected chi connectivity index (χ4v) is 3.20. The third kappa shape index (κ3) is 3.92. The van der Waals surface area contributed by atoms with E-state index in [-0.39, 0.29) is 6.04 Å². The third-order valence-corrected chi connectivity index (χ3v) is 4.27. The van der Waals surface area contributed by atoms with E-state index in [1.54, 1.807) is 6.92 Å². The predicted octanol–water partition coefficient (Wildman–Crippen LogP) is 2.40. The maximum atomic E-state index is 10.6. The van der Waals surface area contributed by atoms with Crippen LogP contribution in [0.2, 0.25) is 0 Å². The van der Waals surface area contributed by atoms with Crippen LogP contribution in [0.25, 0.3) is 21.8 Å². The Morgan fingerprint density at radius 3 is 2.16 bits per heavy atom. The van der Waals surface area contributed by atoms with Crippen molar-refractivity contribution in [3.05, 3.63) is 48.5 Å². The average Bonchev–Trinajstić information content (AvgIpc) is 2.89. The van der Waals surface area contributed by atoms with Crippen molar-refractivity contribution in [2.75, 3.05) is 13.1 Å². The van der Waals surface area contributed by atoms with Crippen LogP contribution in [0.5, 0.6) is 0 Å². The number of carboxylic acid groups (broad SMARTS) is 1. The molecule has 3 rings (SSSR count). The van der Waals surface area contributed by atoms with E-state index in [2.05, 4.69) is 39.5 Å². The van der Waals surface area contributed by atoms with Gasteiger partial charge in [0.25, 0.3) is 0 Å². The molecule has 0 aliphatic rings. The van der Waals surface area contributed by atoms with E-state index in [0.29, 0.717) is 19.6 Å². The number of amides is 1. The van der Waals surface area contributed by atoms with Gasteiger partial charge in [0.2, 0.25) is 0 Å². The van der Waals surface area contributed by atoms with E-state index in [4.69, 9.17) is 5.11 Å². The van der Waals surface area contributed by atoms with Gasteiger partial charge >= 0.3 is 6.09 Å². The summed E-state index contributed by atoms with van der Waals surface area (Å²) in [6, 6.07) is 16.2. The molecule has 0 fully saturated rings. The molecule has 0 saturated heterocycles. The van der Waals surface area contributed by atoms with Gasteiger partial charge in [-0.1, -0.05) is 36.4 Å². The average molecular weight is 341 g/mol. The standard InChI is InChI=1S/C19H23N3O3/c1-13(21-19(24)25)10-20-11-14(23)12-22-17-8-4-2-6-15(17)16-7-3-5-9-18(16)22/h2-9,13-14,20-21,23H,10-12H2,1H3,(H,24,25)/t13-,14+/m1/s1. The predicted molar refractivity (Wildman–Crippen MR) is 98.9 cm³/mol. The van der Waals surface area contributed by atoms with Crippen LogP contribution < -0.4 is 10.6 Å². The number of aliphatic hydroxyl groups excluding tert-OH is 1. The van der Waals surface area contributed by atoms with Crippen LogP contribution >= 0.6 is 0 Å². The molecule has 3 aromatic rings. The van der Waals surface area contributed by atoms with Gasteiger partial charge in [0.15, 0.2) is 0 Å². The van der Waals surface area contributed by atoms with Crippen molar-refractivity contribution >= 4 is 27.9 Å². The highest BCUT2D eigenvalue weighted by Crippen LogP contribution is 2.28. The number of fused-ring (bicyclic) bond motifs is 3. The molecule has 1 aromatic heterocycles. The molecule has 0 aliphatic carbocycles. The first-order valence-electron chi connectivity index (χ1n) is 8.40. The number of benzene rings is 2. The van der Waals surface area contributed by atoms with Crippen LogP contribution in [-0.2, 0) is 6.54 Å². The molecular formula is C19H23N3O3. The van der Waals surface area contributed by atoms with Gasteiger partial charge in [-0.15, -0.1) is 0 Å². The largest absolute Gasteiger partial charge is 0.465 e. The fraction of sp³-hybridized carbons (Fsp3) is 0.316. The lowest BCUT2D eigenvalue weighted by atomic mass is 10.2. The van der Waals surface area contributed by atoms with Crippen molar-refractivity contribution in [2.45, 2.75) is 25.6 Å². The number of nitrogens with zero attached hydrogens (tertiary/aromatic N) is 1. The monoisotopic (exact) mass is 341 g/mol. The summed E-state index contributed by atoms with van der Waals surface area (Å²) in [5.41, 5.74) is 2.20. The van der Waals surface area contributed by atoms with Crippen LogP contribution in [0.4, 0.5) is 4.79 Å². The van der Waals surface area contributed by atoms with Crippen LogP contribution in [0, 0.1) is 0 Å². The minimum absolute atomic E-state index is 0.210. The zero-order chi connectivity index (χ0) is 17.8. The van der Waals surface area contributed by atoms with Gasteiger partial charge in [-0.05, 0) is 19.1 Å². The van der Waals surface area contributed by atoms with Crippen LogP contribution in [0.15, 0.2) is 48.5 Å². The van der Waals surface area contributed by atoms with Crippen molar-refractivity contribution in [3.63, 3.8) is 0 Å². The number of para-hydroxylation sites is 2.